The lowest BCUT2D eigenvalue weighted by Crippen LogP contribution is -2.40. The second-order valence-corrected chi connectivity index (χ2v) is 8.51. The van der Waals surface area contributed by atoms with Crippen molar-refractivity contribution in [3.05, 3.63) is 73.4 Å². The van der Waals surface area contributed by atoms with E-state index in [0.29, 0.717) is 36.4 Å². The minimum absolute atomic E-state index is 0.114. The van der Waals surface area contributed by atoms with Crippen LogP contribution in [-0.2, 0) is 19.6 Å². The van der Waals surface area contributed by atoms with Crippen LogP contribution in [0.3, 0.4) is 0 Å². The minimum Gasteiger partial charge on any atom is -0.425 e. The van der Waals surface area contributed by atoms with Gasteiger partial charge in [0.05, 0.1) is 0 Å². The molecule has 0 atom stereocenters. The molecule has 1 N–H and O–H groups in total. The van der Waals surface area contributed by atoms with Crippen molar-refractivity contribution in [2.24, 2.45) is 0 Å². The Morgan fingerprint density at radius 2 is 1.91 bits per heavy atom. The highest BCUT2D eigenvalue weighted by Crippen LogP contribution is 2.29. The van der Waals surface area contributed by atoms with Crippen LogP contribution in [0.2, 0.25) is 0 Å². The Morgan fingerprint density at radius 3 is 2.58 bits per heavy atom. The Balaban J connectivity index is 1.95. The molecule has 4 rings (SSSR count). The van der Waals surface area contributed by atoms with Gasteiger partial charge in [-0.2, -0.15) is 4.98 Å². The summed E-state index contributed by atoms with van der Waals surface area (Å²) in [5.74, 6) is 0.626. The number of benzene rings is 1. The molecule has 9 heteroatoms. The van der Waals surface area contributed by atoms with Gasteiger partial charge in [-0.05, 0) is 56.4 Å². The maximum absolute atomic E-state index is 13.5. The van der Waals surface area contributed by atoms with Crippen molar-refractivity contribution in [3.8, 4) is 11.8 Å². The maximum Gasteiger partial charge on any atom is 0.332 e. The summed E-state index contributed by atoms with van der Waals surface area (Å²) >= 11 is 6.13. The highest BCUT2D eigenvalue weighted by molar-refractivity contribution is 6.29. The molecule has 0 aliphatic heterocycles. The van der Waals surface area contributed by atoms with Gasteiger partial charge in [-0.3, -0.25) is 18.5 Å². The Morgan fingerprint density at radius 1 is 1.12 bits per heavy atom. The van der Waals surface area contributed by atoms with Crippen LogP contribution in [0.15, 0.2) is 56.6 Å². The fraction of sp³-hybridized carbons (Fsp3) is 0.375. The summed E-state index contributed by atoms with van der Waals surface area (Å²) in [6.07, 6.45) is 5.61. The van der Waals surface area contributed by atoms with E-state index in [4.69, 9.17) is 16.3 Å². The molecule has 8 nitrogen and oxygen atoms in total. The number of fused-ring (bicyclic) bond motifs is 1. The SMILES string of the molecule is CCn1c(=O)n(CCCO)c(=O)c2c1nc(Oc1ccccc1C)n2CC1=CC=C(Cl)CC1. The smallest absolute Gasteiger partial charge is 0.332 e. The molecule has 2 heterocycles. The number of allylic oxidation sites excluding steroid dienone is 4. The van der Waals surface area contributed by atoms with Crippen LogP contribution in [0.4, 0.5) is 0 Å². The van der Waals surface area contributed by atoms with Crippen molar-refractivity contribution in [3.63, 3.8) is 0 Å². The molecule has 0 spiro atoms. The molecule has 174 valence electrons. The number of aryl methyl sites for hydroxylation is 2. The minimum atomic E-state index is -0.442. The van der Waals surface area contributed by atoms with Crippen LogP contribution >= 0.6 is 11.6 Å². The second kappa shape index (κ2) is 9.80. The first-order valence-electron chi connectivity index (χ1n) is 11.1. The Kier molecular flexibility index (Phi) is 6.85. The van der Waals surface area contributed by atoms with Crippen LogP contribution in [0.25, 0.3) is 11.2 Å². The molecule has 3 aromatic rings. The Hall–Kier alpha value is -3.10. The van der Waals surface area contributed by atoms with Crippen molar-refractivity contribution in [1.29, 1.82) is 0 Å². The fourth-order valence-electron chi connectivity index (χ4n) is 3.97. The second-order valence-electron chi connectivity index (χ2n) is 8.02. The van der Waals surface area contributed by atoms with E-state index in [1.165, 1.54) is 9.13 Å². The third-order valence-electron chi connectivity index (χ3n) is 5.78. The number of rotatable bonds is 8. The molecule has 1 aromatic carbocycles. The third kappa shape index (κ3) is 4.54. The standard InChI is InChI=1S/C24H27ClN4O4/c1-3-27-21-20(22(31)28(24(27)32)13-6-14-30)29(15-17-9-11-18(25)12-10-17)23(26-21)33-19-8-5-4-7-16(19)2/h4-5,7-9,11,30H,3,6,10,12-15H2,1-2H3. The van der Waals surface area contributed by atoms with Gasteiger partial charge >= 0.3 is 11.7 Å². The molecule has 0 amide bonds. The van der Waals surface area contributed by atoms with E-state index in [9.17, 15) is 14.7 Å². The van der Waals surface area contributed by atoms with E-state index < -0.39 is 11.2 Å². The zero-order valence-electron chi connectivity index (χ0n) is 18.8. The van der Waals surface area contributed by atoms with Gasteiger partial charge in [-0.15, -0.1) is 0 Å². The molecule has 1 aliphatic rings. The van der Waals surface area contributed by atoms with Crippen molar-refractivity contribution < 1.29 is 9.84 Å². The summed E-state index contributed by atoms with van der Waals surface area (Å²) in [7, 11) is 0. The monoisotopic (exact) mass is 470 g/mol. The first-order chi connectivity index (χ1) is 15.9. The summed E-state index contributed by atoms with van der Waals surface area (Å²) in [6.45, 7) is 4.51. The van der Waals surface area contributed by atoms with E-state index in [1.807, 2.05) is 50.3 Å². The van der Waals surface area contributed by atoms with E-state index >= 15 is 0 Å². The van der Waals surface area contributed by atoms with Crippen LogP contribution in [0.5, 0.6) is 11.8 Å². The highest BCUT2D eigenvalue weighted by Gasteiger charge is 2.23. The lowest BCUT2D eigenvalue weighted by atomic mass is 10.1. The summed E-state index contributed by atoms with van der Waals surface area (Å²) in [6, 6.07) is 7.81. The summed E-state index contributed by atoms with van der Waals surface area (Å²) in [4.78, 5) is 31.1. The first-order valence-corrected chi connectivity index (χ1v) is 11.4. The molecule has 0 saturated heterocycles. The molecule has 0 radical (unpaired) electrons. The number of hydrogen-bond acceptors (Lipinski definition) is 5. The van der Waals surface area contributed by atoms with Gasteiger partial charge in [0.2, 0.25) is 0 Å². The number of aromatic nitrogens is 4. The average molecular weight is 471 g/mol. The largest absolute Gasteiger partial charge is 0.425 e. The number of aliphatic hydroxyl groups excluding tert-OH is 1. The number of halogens is 1. The lowest BCUT2D eigenvalue weighted by molar-refractivity contribution is 0.277. The van der Waals surface area contributed by atoms with Crippen LogP contribution in [0.1, 0.15) is 31.7 Å². The highest BCUT2D eigenvalue weighted by atomic mass is 35.5. The van der Waals surface area contributed by atoms with Gasteiger partial charge < -0.3 is 9.84 Å². The molecule has 0 unspecified atom stereocenters. The molecule has 1 aliphatic carbocycles. The van der Waals surface area contributed by atoms with Crippen molar-refractivity contribution in [2.45, 2.75) is 52.7 Å². The number of imidazole rings is 1. The predicted molar refractivity (Wildman–Crippen MR) is 128 cm³/mol. The zero-order chi connectivity index (χ0) is 23.5. The average Bonchev–Trinajstić information content (AvgIpc) is 3.15. The van der Waals surface area contributed by atoms with E-state index in [0.717, 1.165) is 29.0 Å². The normalized spacial score (nSPS) is 13.8. The van der Waals surface area contributed by atoms with Gasteiger partial charge in [0.1, 0.15) is 5.75 Å². The van der Waals surface area contributed by atoms with Gasteiger partial charge in [0.25, 0.3) is 5.56 Å². The molecule has 0 saturated carbocycles. The van der Waals surface area contributed by atoms with Crippen LogP contribution < -0.4 is 16.0 Å². The lowest BCUT2D eigenvalue weighted by Gasteiger charge is -2.15. The summed E-state index contributed by atoms with van der Waals surface area (Å²) < 4.78 is 10.6. The maximum atomic E-state index is 13.5. The van der Waals surface area contributed by atoms with Gasteiger partial charge in [0, 0.05) is 31.3 Å². The van der Waals surface area contributed by atoms with Gasteiger partial charge in [0.15, 0.2) is 11.2 Å². The molecular formula is C24H27ClN4O4. The van der Waals surface area contributed by atoms with Crippen LogP contribution in [-0.4, -0.2) is 30.4 Å². The molecule has 0 fully saturated rings. The third-order valence-corrected chi connectivity index (χ3v) is 6.09. The van der Waals surface area contributed by atoms with Crippen molar-refractivity contribution in [2.75, 3.05) is 6.61 Å². The van der Waals surface area contributed by atoms with E-state index in [2.05, 4.69) is 4.98 Å². The Bertz CT molecular complexity index is 1360. The number of aliphatic hydroxyl groups is 1. The zero-order valence-corrected chi connectivity index (χ0v) is 19.5. The van der Waals surface area contributed by atoms with Crippen LogP contribution in [0, 0.1) is 6.92 Å². The van der Waals surface area contributed by atoms with Crippen molar-refractivity contribution in [1.82, 2.24) is 18.7 Å². The molecular weight excluding hydrogens is 444 g/mol. The quantitative estimate of drug-likeness (QED) is 0.542. The summed E-state index contributed by atoms with van der Waals surface area (Å²) in [5, 5.41) is 10.0. The molecule has 0 bridgehead atoms. The van der Waals surface area contributed by atoms with Gasteiger partial charge in [-0.1, -0.05) is 35.9 Å². The predicted octanol–water partition coefficient (Wildman–Crippen LogP) is 3.71. The van der Waals surface area contributed by atoms with Gasteiger partial charge in [-0.25, -0.2) is 4.79 Å². The number of nitrogens with zero attached hydrogens (tertiary/aromatic N) is 4. The van der Waals surface area contributed by atoms with E-state index in [-0.39, 0.29) is 19.2 Å². The number of ether oxygens (including phenoxy) is 1. The van der Waals surface area contributed by atoms with Crippen molar-refractivity contribution >= 4 is 22.8 Å². The molecule has 33 heavy (non-hydrogen) atoms. The number of para-hydroxylation sites is 1. The number of hydrogen-bond donors (Lipinski definition) is 1. The van der Waals surface area contributed by atoms with E-state index in [1.54, 1.807) is 4.57 Å². The first kappa shape index (κ1) is 23.1. The topological polar surface area (TPSA) is 91.3 Å². The fourth-order valence-corrected chi connectivity index (χ4v) is 4.12. The molecule has 2 aromatic heterocycles. The summed E-state index contributed by atoms with van der Waals surface area (Å²) in [5.41, 5.74) is 1.72. The Labute approximate surface area is 196 Å².